The molecule has 1 aromatic rings. The predicted octanol–water partition coefficient (Wildman–Crippen LogP) is 2.63. The van der Waals surface area contributed by atoms with E-state index in [1.54, 1.807) is 12.3 Å². The molecule has 0 radical (unpaired) electrons. The number of hydrogen-bond acceptors (Lipinski definition) is 2. The third-order valence-corrected chi connectivity index (χ3v) is 1.62. The van der Waals surface area contributed by atoms with E-state index in [1.165, 1.54) is 6.92 Å². The molecule has 2 nitrogen and oxygen atoms in total. The fraction of sp³-hybridized carbons (Fsp3) is 0.556. The molecule has 1 aromatic heterocycles. The predicted molar refractivity (Wildman–Crippen MR) is 45.6 cm³/mol. The van der Waals surface area contributed by atoms with E-state index >= 15 is 0 Å². The van der Waals surface area contributed by atoms with Crippen molar-refractivity contribution in [2.75, 3.05) is 0 Å². The maximum atomic E-state index is 12.8. The van der Waals surface area contributed by atoms with Gasteiger partial charge in [0.15, 0.2) is 0 Å². The third kappa shape index (κ3) is 2.00. The molecule has 0 aromatic carbocycles. The van der Waals surface area contributed by atoms with E-state index in [1.807, 2.05) is 13.8 Å². The SMILES string of the molecule is CC(C)c1nccc(C(C)F)n1. The van der Waals surface area contributed by atoms with E-state index in [2.05, 4.69) is 9.97 Å². The summed E-state index contributed by atoms with van der Waals surface area (Å²) in [4.78, 5) is 8.13. The molecular formula is C9H13FN2. The third-order valence-electron chi connectivity index (χ3n) is 1.62. The van der Waals surface area contributed by atoms with Crippen LogP contribution in [0.1, 0.15) is 44.4 Å². The normalized spacial score (nSPS) is 13.4. The van der Waals surface area contributed by atoms with Gasteiger partial charge in [-0.1, -0.05) is 13.8 Å². The van der Waals surface area contributed by atoms with Crippen molar-refractivity contribution in [3.05, 3.63) is 23.8 Å². The molecule has 0 N–H and O–H groups in total. The van der Waals surface area contributed by atoms with Crippen LogP contribution >= 0.6 is 0 Å². The summed E-state index contributed by atoms with van der Waals surface area (Å²) >= 11 is 0. The number of rotatable bonds is 2. The largest absolute Gasteiger partial charge is 0.241 e. The summed E-state index contributed by atoms with van der Waals surface area (Å²) in [5, 5.41) is 0. The highest BCUT2D eigenvalue weighted by molar-refractivity contribution is 5.06. The van der Waals surface area contributed by atoms with Gasteiger partial charge in [-0.3, -0.25) is 0 Å². The van der Waals surface area contributed by atoms with Gasteiger partial charge in [0.25, 0.3) is 0 Å². The Morgan fingerprint density at radius 1 is 1.33 bits per heavy atom. The maximum absolute atomic E-state index is 12.8. The van der Waals surface area contributed by atoms with E-state index < -0.39 is 6.17 Å². The standard InChI is InChI=1S/C9H13FN2/c1-6(2)9-11-5-4-8(12-9)7(3)10/h4-7H,1-3H3. The molecule has 66 valence electrons. The van der Waals surface area contributed by atoms with E-state index in [4.69, 9.17) is 0 Å². The topological polar surface area (TPSA) is 25.8 Å². The number of alkyl halides is 1. The molecule has 0 aliphatic heterocycles. The average Bonchev–Trinajstić information content (AvgIpc) is 2.04. The minimum absolute atomic E-state index is 0.253. The second-order valence-electron chi connectivity index (χ2n) is 3.11. The minimum atomic E-state index is -1.01. The van der Waals surface area contributed by atoms with Crippen LogP contribution in [0.15, 0.2) is 12.3 Å². The lowest BCUT2D eigenvalue weighted by molar-refractivity contribution is 0.364. The van der Waals surface area contributed by atoms with Crippen LogP contribution in [-0.2, 0) is 0 Å². The van der Waals surface area contributed by atoms with Crippen molar-refractivity contribution in [2.45, 2.75) is 32.9 Å². The zero-order chi connectivity index (χ0) is 9.14. The van der Waals surface area contributed by atoms with Gasteiger partial charge in [-0.15, -0.1) is 0 Å². The van der Waals surface area contributed by atoms with Gasteiger partial charge in [-0.05, 0) is 13.0 Å². The first-order valence-corrected chi connectivity index (χ1v) is 4.08. The lowest BCUT2D eigenvalue weighted by atomic mass is 10.2. The van der Waals surface area contributed by atoms with Crippen LogP contribution in [-0.4, -0.2) is 9.97 Å². The van der Waals surface area contributed by atoms with Crippen LogP contribution < -0.4 is 0 Å². The van der Waals surface area contributed by atoms with Crippen molar-refractivity contribution in [1.82, 2.24) is 9.97 Å². The first-order valence-electron chi connectivity index (χ1n) is 4.08. The maximum Gasteiger partial charge on any atom is 0.139 e. The summed E-state index contributed by atoms with van der Waals surface area (Å²) in [6.45, 7) is 5.45. The van der Waals surface area contributed by atoms with Gasteiger partial charge in [0, 0.05) is 12.1 Å². The molecule has 1 unspecified atom stereocenters. The first kappa shape index (κ1) is 9.10. The van der Waals surface area contributed by atoms with Crippen LogP contribution in [0.25, 0.3) is 0 Å². The van der Waals surface area contributed by atoms with Crippen molar-refractivity contribution >= 4 is 0 Å². The Balaban J connectivity index is 2.96. The summed E-state index contributed by atoms with van der Waals surface area (Å²) in [5.41, 5.74) is 0.466. The van der Waals surface area contributed by atoms with Gasteiger partial charge in [0.05, 0.1) is 5.69 Å². The molecule has 0 spiro atoms. The molecule has 0 aliphatic carbocycles. The van der Waals surface area contributed by atoms with E-state index in [0.717, 1.165) is 0 Å². The molecule has 1 atom stereocenters. The average molecular weight is 168 g/mol. The first-order chi connectivity index (χ1) is 5.61. The van der Waals surface area contributed by atoms with Crippen LogP contribution in [0.5, 0.6) is 0 Å². The van der Waals surface area contributed by atoms with Gasteiger partial charge in [-0.25, -0.2) is 14.4 Å². The summed E-state index contributed by atoms with van der Waals surface area (Å²) in [7, 11) is 0. The second-order valence-corrected chi connectivity index (χ2v) is 3.11. The van der Waals surface area contributed by atoms with E-state index in [-0.39, 0.29) is 5.92 Å². The monoisotopic (exact) mass is 168 g/mol. The molecule has 12 heavy (non-hydrogen) atoms. The van der Waals surface area contributed by atoms with Crippen molar-refractivity contribution in [3.8, 4) is 0 Å². The van der Waals surface area contributed by atoms with Crippen LogP contribution in [0, 0.1) is 0 Å². The number of nitrogens with zero attached hydrogens (tertiary/aromatic N) is 2. The van der Waals surface area contributed by atoms with Crippen molar-refractivity contribution < 1.29 is 4.39 Å². The van der Waals surface area contributed by atoms with E-state index in [0.29, 0.717) is 11.5 Å². The van der Waals surface area contributed by atoms with Gasteiger partial charge >= 0.3 is 0 Å². The molecule has 0 bridgehead atoms. The zero-order valence-corrected chi connectivity index (χ0v) is 7.58. The van der Waals surface area contributed by atoms with Gasteiger partial charge < -0.3 is 0 Å². The molecule has 1 heterocycles. The van der Waals surface area contributed by atoms with Crippen LogP contribution in [0.4, 0.5) is 4.39 Å². The Kier molecular flexibility index (Phi) is 2.74. The molecule has 0 amide bonds. The highest BCUT2D eigenvalue weighted by Gasteiger charge is 2.07. The molecular weight excluding hydrogens is 155 g/mol. The zero-order valence-electron chi connectivity index (χ0n) is 7.58. The van der Waals surface area contributed by atoms with Crippen LogP contribution in [0.2, 0.25) is 0 Å². The van der Waals surface area contributed by atoms with E-state index in [9.17, 15) is 4.39 Å². The number of aromatic nitrogens is 2. The van der Waals surface area contributed by atoms with Gasteiger partial charge in [-0.2, -0.15) is 0 Å². The van der Waals surface area contributed by atoms with Crippen molar-refractivity contribution in [2.24, 2.45) is 0 Å². The Morgan fingerprint density at radius 2 is 2.00 bits per heavy atom. The summed E-state index contributed by atoms with van der Waals surface area (Å²) in [6.07, 6.45) is 0.596. The highest BCUT2D eigenvalue weighted by Crippen LogP contribution is 2.15. The van der Waals surface area contributed by atoms with Crippen molar-refractivity contribution in [3.63, 3.8) is 0 Å². The molecule has 0 saturated carbocycles. The fourth-order valence-corrected chi connectivity index (χ4v) is 0.888. The summed E-state index contributed by atoms with van der Waals surface area (Å²) < 4.78 is 12.8. The minimum Gasteiger partial charge on any atom is -0.241 e. The van der Waals surface area contributed by atoms with Gasteiger partial charge in [0.2, 0.25) is 0 Å². The van der Waals surface area contributed by atoms with Gasteiger partial charge in [0.1, 0.15) is 12.0 Å². The Hall–Kier alpha value is -0.990. The highest BCUT2D eigenvalue weighted by atomic mass is 19.1. The molecule has 0 aliphatic rings. The van der Waals surface area contributed by atoms with Crippen LogP contribution in [0.3, 0.4) is 0 Å². The Morgan fingerprint density at radius 3 is 2.50 bits per heavy atom. The van der Waals surface area contributed by atoms with Crippen molar-refractivity contribution in [1.29, 1.82) is 0 Å². The quantitative estimate of drug-likeness (QED) is 0.678. The number of halogens is 1. The molecule has 0 fully saturated rings. The molecule has 0 saturated heterocycles. The second kappa shape index (κ2) is 3.61. The lowest BCUT2D eigenvalue weighted by Gasteiger charge is -2.05. The Labute approximate surface area is 71.9 Å². The summed E-state index contributed by atoms with van der Waals surface area (Å²) in [5.74, 6) is 0.959. The molecule has 1 rings (SSSR count). The Bertz CT molecular complexity index is 235. The smallest absolute Gasteiger partial charge is 0.139 e. The summed E-state index contributed by atoms with van der Waals surface area (Å²) in [6, 6.07) is 1.61. The number of hydrogen-bond donors (Lipinski definition) is 0. The molecule has 3 heteroatoms. The fourth-order valence-electron chi connectivity index (χ4n) is 0.888. The lowest BCUT2D eigenvalue weighted by Crippen LogP contribution is -2.00.